The van der Waals surface area contributed by atoms with Gasteiger partial charge < -0.3 is 24.8 Å². The van der Waals surface area contributed by atoms with Crippen molar-refractivity contribution in [1.82, 2.24) is 15.5 Å². The van der Waals surface area contributed by atoms with Gasteiger partial charge in [0.2, 0.25) is 5.91 Å². The summed E-state index contributed by atoms with van der Waals surface area (Å²) in [6.07, 6.45) is 11.0. The van der Waals surface area contributed by atoms with Crippen LogP contribution in [0.5, 0.6) is 0 Å². The van der Waals surface area contributed by atoms with Crippen LogP contribution >= 0.6 is 0 Å². The van der Waals surface area contributed by atoms with E-state index in [0.717, 1.165) is 37.0 Å². The number of nitrogens with zero attached hydrogens (tertiary/aromatic N) is 1. The molecule has 178 valence electrons. The molecule has 0 bridgehead atoms. The summed E-state index contributed by atoms with van der Waals surface area (Å²) in [5, 5.41) is 5.35. The van der Waals surface area contributed by atoms with Crippen LogP contribution in [-0.2, 0) is 28.6 Å². The van der Waals surface area contributed by atoms with E-state index in [4.69, 9.17) is 14.2 Å². The van der Waals surface area contributed by atoms with E-state index in [2.05, 4.69) is 22.8 Å². The summed E-state index contributed by atoms with van der Waals surface area (Å²) in [7, 11) is 0. The van der Waals surface area contributed by atoms with E-state index in [1.54, 1.807) is 0 Å². The first-order valence-electron chi connectivity index (χ1n) is 11.1. The maximum atomic E-state index is 11.8. The second-order valence-corrected chi connectivity index (χ2v) is 7.42. The molecular weight excluding hydrogens is 418 g/mol. The molecule has 0 aromatic heterocycles. The van der Waals surface area contributed by atoms with Crippen molar-refractivity contribution >= 4 is 23.8 Å². The summed E-state index contributed by atoms with van der Waals surface area (Å²) in [4.78, 5) is 47.3. The number of carbonyl (C=O) groups is 4. The van der Waals surface area contributed by atoms with Crippen molar-refractivity contribution in [3.05, 3.63) is 24.3 Å². The van der Waals surface area contributed by atoms with Crippen molar-refractivity contribution in [2.45, 2.75) is 44.6 Å². The first-order valence-corrected chi connectivity index (χ1v) is 11.1. The van der Waals surface area contributed by atoms with Crippen LogP contribution in [0.1, 0.15) is 38.5 Å². The van der Waals surface area contributed by atoms with Gasteiger partial charge in [-0.05, 0) is 32.1 Å². The Balaban J connectivity index is 1.36. The Morgan fingerprint density at radius 2 is 1.56 bits per heavy atom. The van der Waals surface area contributed by atoms with Gasteiger partial charge in [0.05, 0.1) is 26.4 Å². The van der Waals surface area contributed by atoms with E-state index in [9.17, 15) is 19.2 Å². The van der Waals surface area contributed by atoms with Crippen LogP contribution in [0.3, 0.4) is 0 Å². The molecule has 0 radical (unpaired) electrons. The van der Waals surface area contributed by atoms with Gasteiger partial charge in [-0.1, -0.05) is 12.2 Å². The number of rotatable bonds is 13. The molecule has 2 rings (SSSR count). The van der Waals surface area contributed by atoms with Gasteiger partial charge in [-0.25, -0.2) is 4.79 Å². The zero-order valence-electron chi connectivity index (χ0n) is 18.4. The van der Waals surface area contributed by atoms with Gasteiger partial charge in [-0.3, -0.25) is 19.3 Å². The maximum absolute atomic E-state index is 11.8. The molecule has 10 nitrogen and oxygen atoms in total. The molecule has 0 aromatic rings. The molecule has 1 aliphatic carbocycles. The number of ether oxygens (including phenoxy) is 3. The molecule has 0 fully saturated rings. The Hall–Kier alpha value is -2.72. The molecule has 0 saturated carbocycles. The molecule has 2 aliphatic rings. The highest BCUT2D eigenvalue weighted by atomic mass is 16.6. The monoisotopic (exact) mass is 451 g/mol. The van der Waals surface area contributed by atoms with E-state index >= 15 is 0 Å². The van der Waals surface area contributed by atoms with Crippen molar-refractivity contribution in [3.8, 4) is 0 Å². The number of alkyl carbamates (subject to hydrolysis) is 1. The average Bonchev–Trinajstić information content (AvgIpc) is 3.07. The minimum atomic E-state index is -0.412. The largest absolute Gasteiger partial charge is 0.446 e. The lowest BCUT2D eigenvalue weighted by Crippen LogP contribution is -2.35. The Morgan fingerprint density at radius 3 is 2.28 bits per heavy atom. The summed E-state index contributed by atoms with van der Waals surface area (Å²) in [6, 6.07) is 0. The minimum absolute atomic E-state index is 0.0306. The molecule has 0 aromatic carbocycles. The number of imide groups is 1. The fourth-order valence-corrected chi connectivity index (χ4v) is 3.20. The van der Waals surface area contributed by atoms with E-state index in [0.29, 0.717) is 39.5 Å². The Morgan fingerprint density at radius 1 is 0.906 bits per heavy atom. The number of allylic oxidation sites excluding steroid dienone is 2. The second-order valence-electron chi connectivity index (χ2n) is 7.42. The van der Waals surface area contributed by atoms with Gasteiger partial charge in [0.1, 0.15) is 6.10 Å². The highest BCUT2D eigenvalue weighted by Crippen LogP contribution is 2.15. The van der Waals surface area contributed by atoms with E-state index in [1.165, 1.54) is 12.2 Å². The molecule has 1 aliphatic heterocycles. The molecule has 0 saturated heterocycles. The van der Waals surface area contributed by atoms with Gasteiger partial charge in [-0.2, -0.15) is 0 Å². The van der Waals surface area contributed by atoms with Gasteiger partial charge in [-0.15, -0.1) is 0 Å². The number of nitrogens with one attached hydrogen (secondary N) is 2. The predicted molar refractivity (Wildman–Crippen MR) is 116 cm³/mol. The lowest BCUT2D eigenvalue weighted by molar-refractivity contribution is -0.137. The van der Waals surface area contributed by atoms with E-state index in [-0.39, 0.29) is 25.0 Å². The number of amides is 4. The smallest absolute Gasteiger partial charge is 0.407 e. The summed E-state index contributed by atoms with van der Waals surface area (Å²) in [5.74, 6) is -1.05. The lowest BCUT2D eigenvalue weighted by atomic mass is 10.0. The molecule has 2 N–H and O–H groups in total. The molecule has 0 spiro atoms. The molecule has 4 amide bonds. The van der Waals surface area contributed by atoms with Crippen molar-refractivity contribution in [2.24, 2.45) is 0 Å². The molecule has 32 heavy (non-hydrogen) atoms. The van der Waals surface area contributed by atoms with Gasteiger partial charge in [0.25, 0.3) is 11.8 Å². The first kappa shape index (κ1) is 25.5. The highest BCUT2D eigenvalue weighted by Gasteiger charge is 2.23. The topological polar surface area (TPSA) is 123 Å². The third-order valence-electron chi connectivity index (χ3n) is 4.91. The van der Waals surface area contributed by atoms with Crippen molar-refractivity contribution in [3.63, 3.8) is 0 Å². The molecule has 10 heteroatoms. The van der Waals surface area contributed by atoms with Crippen LogP contribution in [0.25, 0.3) is 0 Å². The summed E-state index contributed by atoms with van der Waals surface area (Å²) in [6.45, 7) is 2.14. The molecule has 1 unspecified atom stereocenters. The summed E-state index contributed by atoms with van der Waals surface area (Å²) >= 11 is 0. The van der Waals surface area contributed by atoms with E-state index < -0.39 is 17.9 Å². The van der Waals surface area contributed by atoms with Crippen LogP contribution in [0.2, 0.25) is 0 Å². The van der Waals surface area contributed by atoms with Crippen LogP contribution in [0.15, 0.2) is 24.3 Å². The van der Waals surface area contributed by atoms with Crippen molar-refractivity contribution < 1.29 is 33.4 Å². The first-order chi connectivity index (χ1) is 15.6. The van der Waals surface area contributed by atoms with Gasteiger partial charge in [0, 0.05) is 38.2 Å². The minimum Gasteiger partial charge on any atom is -0.446 e. The normalized spacial score (nSPS) is 19.4. The predicted octanol–water partition coefficient (Wildman–Crippen LogP) is 1.07. The zero-order valence-corrected chi connectivity index (χ0v) is 18.4. The molecule has 1 atom stereocenters. The maximum Gasteiger partial charge on any atom is 0.407 e. The fourth-order valence-electron chi connectivity index (χ4n) is 3.20. The third-order valence-corrected chi connectivity index (χ3v) is 4.91. The van der Waals surface area contributed by atoms with Crippen molar-refractivity contribution in [2.75, 3.05) is 46.1 Å². The van der Waals surface area contributed by atoms with Crippen molar-refractivity contribution in [1.29, 1.82) is 0 Å². The van der Waals surface area contributed by atoms with Gasteiger partial charge in [0.15, 0.2) is 0 Å². The Bertz CT molecular complexity index is 675. The number of carbonyl (C=O) groups excluding carboxylic acids is 4. The number of hydrogen-bond acceptors (Lipinski definition) is 7. The van der Waals surface area contributed by atoms with Crippen LogP contribution in [-0.4, -0.2) is 80.9 Å². The zero-order chi connectivity index (χ0) is 23.0. The SMILES string of the molecule is O=C(CCN1C(=O)C=CC1=O)NCCOCCOCCNC(=O)OC1CC/C=C\CCC1. The fraction of sp³-hybridized carbons (Fsp3) is 0.636. The quantitative estimate of drug-likeness (QED) is 0.244. The van der Waals surface area contributed by atoms with Crippen LogP contribution < -0.4 is 10.6 Å². The summed E-state index contributed by atoms with van der Waals surface area (Å²) < 4.78 is 16.2. The van der Waals surface area contributed by atoms with Gasteiger partial charge >= 0.3 is 6.09 Å². The molecule has 1 heterocycles. The standard InChI is InChI=1S/C22H33N3O7/c26-19(10-13-25-20(27)8-9-21(25)28)23-11-14-30-16-17-31-15-12-24-22(29)32-18-6-4-2-1-3-5-7-18/h1-2,8-9,18H,3-7,10-17H2,(H,23,26)(H,24,29)/b2-1-. The summed E-state index contributed by atoms with van der Waals surface area (Å²) in [5.41, 5.74) is 0. The number of hydrogen-bond donors (Lipinski definition) is 2. The lowest BCUT2D eigenvalue weighted by Gasteiger charge is -2.18. The Labute approximate surface area is 188 Å². The van der Waals surface area contributed by atoms with Crippen LogP contribution in [0, 0.1) is 0 Å². The average molecular weight is 452 g/mol. The third kappa shape index (κ3) is 10.5. The van der Waals surface area contributed by atoms with E-state index in [1.807, 2.05) is 0 Å². The highest BCUT2D eigenvalue weighted by molar-refractivity contribution is 6.13. The molecular formula is C22H33N3O7. The second kappa shape index (κ2) is 15.1. The Kier molecular flexibility index (Phi) is 12.1. The van der Waals surface area contributed by atoms with Crippen LogP contribution in [0.4, 0.5) is 4.79 Å².